The first kappa shape index (κ1) is 17.7. The topological polar surface area (TPSA) is 50.3 Å². The van der Waals surface area contributed by atoms with E-state index >= 15 is 0 Å². The quantitative estimate of drug-likeness (QED) is 0.730. The van der Waals surface area contributed by atoms with Crippen molar-refractivity contribution in [1.82, 2.24) is 9.29 Å². The van der Waals surface area contributed by atoms with E-state index in [2.05, 4.69) is 4.98 Å². The molecular formula is C16H16ClFN2O2S2. The van der Waals surface area contributed by atoms with Crippen LogP contribution in [0.1, 0.15) is 18.4 Å². The van der Waals surface area contributed by atoms with E-state index in [0.29, 0.717) is 28.9 Å². The maximum Gasteiger partial charge on any atom is 0.244 e. The van der Waals surface area contributed by atoms with Crippen LogP contribution in [0.3, 0.4) is 0 Å². The third kappa shape index (κ3) is 3.91. The van der Waals surface area contributed by atoms with Gasteiger partial charge in [0.1, 0.15) is 10.7 Å². The highest BCUT2D eigenvalue weighted by molar-refractivity contribution is 7.98. The fourth-order valence-corrected chi connectivity index (χ4v) is 5.10. The molecule has 0 radical (unpaired) electrons. The van der Waals surface area contributed by atoms with E-state index in [9.17, 15) is 12.8 Å². The molecule has 0 spiro atoms. The van der Waals surface area contributed by atoms with Gasteiger partial charge in [-0.3, -0.25) is 0 Å². The Labute approximate surface area is 150 Å². The molecule has 128 valence electrons. The van der Waals surface area contributed by atoms with E-state index in [4.69, 9.17) is 11.6 Å². The zero-order valence-electron chi connectivity index (χ0n) is 12.8. The highest BCUT2D eigenvalue weighted by Gasteiger charge is 2.27. The summed E-state index contributed by atoms with van der Waals surface area (Å²) in [6.45, 7) is 1.14. The molecule has 0 amide bonds. The Balaban J connectivity index is 1.68. The van der Waals surface area contributed by atoms with E-state index in [-0.39, 0.29) is 10.7 Å². The lowest BCUT2D eigenvalue weighted by atomic mass is 10.2. The minimum Gasteiger partial charge on any atom is -0.249 e. The zero-order valence-corrected chi connectivity index (χ0v) is 15.2. The summed E-state index contributed by atoms with van der Waals surface area (Å²) in [7, 11) is -3.44. The van der Waals surface area contributed by atoms with Gasteiger partial charge in [0.15, 0.2) is 0 Å². The molecule has 1 aromatic carbocycles. The van der Waals surface area contributed by atoms with Gasteiger partial charge in [-0.15, -0.1) is 11.8 Å². The average Bonchev–Trinajstić information content (AvgIpc) is 3.10. The standard InChI is InChI=1S/C16H16ClFN2O2S2/c17-15-9-13(18)4-3-12(15)11-23-16-6-5-14(10-19-16)24(21,22)20-7-1-2-8-20/h3-6,9-10H,1-2,7-8,11H2. The smallest absolute Gasteiger partial charge is 0.244 e. The van der Waals surface area contributed by atoms with Gasteiger partial charge in [0, 0.05) is 30.1 Å². The fraction of sp³-hybridized carbons (Fsp3) is 0.312. The summed E-state index contributed by atoms with van der Waals surface area (Å²) in [6, 6.07) is 7.54. The summed E-state index contributed by atoms with van der Waals surface area (Å²) >= 11 is 7.41. The Morgan fingerprint density at radius 3 is 2.58 bits per heavy atom. The number of aromatic nitrogens is 1. The van der Waals surface area contributed by atoms with E-state index in [0.717, 1.165) is 18.4 Å². The molecule has 2 aromatic rings. The van der Waals surface area contributed by atoms with Crippen LogP contribution in [0.5, 0.6) is 0 Å². The van der Waals surface area contributed by atoms with Gasteiger partial charge >= 0.3 is 0 Å². The van der Waals surface area contributed by atoms with E-state index in [1.165, 1.54) is 34.4 Å². The van der Waals surface area contributed by atoms with Crippen molar-refractivity contribution >= 4 is 33.4 Å². The summed E-state index contributed by atoms with van der Waals surface area (Å²) in [4.78, 5) is 4.43. The van der Waals surface area contributed by atoms with Crippen molar-refractivity contribution in [2.24, 2.45) is 0 Å². The molecule has 1 aliphatic rings. The summed E-state index contributed by atoms with van der Waals surface area (Å²) in [5.41, 5.74) is 0.804. The number of benzene rings is 1. The molecule has 1 saturated heterocycles. The molecule has 0 unspecified atom stereocenters. The van der Waals surface area contributed by atoms with Gasteiger partial charge in [-0.2, -0.15) is 4.31 Å². The van der Waals surface area contributed by atoms with Crippen molar-refractivity contribution in [2.45, 2.75) is 28.5 Å². The molecule has 2 heterocycles. The maximum atomic E-state index is 13.0. The van der Waals surface area contributed by atoms with Crippen molar-refractivity contribution < 1.29 is 12.8 Å². The largest absolute Gasteiger partial charge is 0.249 e. The predicted octanol–water partition coefficient (Wildman–Crippen LogP) is 3.95. The van der Waals surface area contributed by atoms with Gasteiger partial charge in [0.25, 0.3) is 0 Å². The SMILES string of the molecule is O=S(=O)(c1ccc(SCc2ccc(F)cc2Cl)nc1)N1CCCC1. The van der Waals surface area contributed by atoms with Crippen LogP contribution in [0, 0.1) is 5.82 Å². The normalized spacial score (nSPS) is 15.8. The average molecular weight is 387 g/mol. The number of halogens is 2. The van der Waals surface area contributed by atoms with Crippen LogP contribution in [0.4, 0.5) is 4.39 Å². The minimum absolute atomic E-state index is 0.216. The molecule has 3 rings (SSSR count). The molecule has 1 aliphatic heterocycles. The first-order valence-corrected chi connectivity index (χ1v) is 10.3. The van der Waals surface area contributed by atoms with Crippen LogP contribution in [0.2, 0.25) is 5.02 Å². The number of hydrogen-bond donors (Lipinski definition) is 0. The second kappa shape index (κ2) is 7.39. The monoisotopic (exact) mass is 386 g/mol. The van der Waals surface area contributed by atoms with Crippen molar-refractivity contribution in [3.05, 3.63) is 52.9 Å². The Morgan fingerprint density at radius 2 is 1.96 bits per heavy atom. The van der Waals surface area contributed by atoms with E-state index in [1.54, 1.807) is 18.2 Å². The van der Waals surface area contributed by atoms with Gasteiger partial charge in [-0.1, -0.05) is 17.7 Å². The highest BCUT2D eigenvalue weighted by Crippen LogP contribution is 2.27. The summed E-state index contributed by atoms with van der Waals surface area (Å²) in [5, 5.41) is 1.06. The second-order valence-electron chi connectivity index (χ2n) is 5.47. The van der Waals surface area contributed by atoms with E-state index < -0.39 is 10.0 Å². The number of sulfonamides is 1. The molecule has 24 heavy (non-hydrogen) atoms. The van der Waals surface area contributed by atoms with Crippen LogP contribution < -0.4 is 0 Å². The third-order valence-electron chi connectivity index (χ3n) is 3.80. The molecule has 4 nitrogen and oxygen atoms in total. The van der Waals surface area contributed by atoms with Gasteiger partial charge < -0.3 is 0 Å². The Bertz CT molecular complexity index is 822. The van der Waals surface area contributed by atoms with E-state index in [1.807, 2.05) is 0 Å². The number of nitrogens with zero attached hydrogens (tertiary/aromatic N) is 2. The fourth-order valence-electron chi connectivity index (χ4n) is 2.47. The first-order chi connectivity index (χ1) is 11.5. The molecule has 1 aromatic heterocycles. The Hall–Kier alpha value is -1.15. The Kier molecular flexibility index (Phi) is 5.44. The van der Waals surface area contributed by atoms with Crippen molar-refractivity contribution in [3.8, 4) is 0 Å². The van der Waals surface area contributed by atoms with Crippen molar-refractivity contribution in [3.63, 3.8) is 0 Å². The molecule has 8 heteroatoms. The zero-order chi connectivity index (χ0) is 17.2. The predicted molar refractivity (Wildman–Crippen MR) is 93.2 cm³/mol. The van der Waals surface area contributed by atoms with Gasteiger partial charge in [-0.05, 0) is 42.7 Å². The number of thioether (sulfide) groups is 1. The van der Waals surface area contributed by atoms with Crippen LogP contribution >= 0.6 is 23.4 Å². The van der Waals surface area contributed by atoms with Crippen molar-refractivity contribution in [1.29, 1.82) is 0 Å². The van der Waals surface area contributed by atoms with Crippen LogP contribution in [-0.2, 0) is 15.8 Å². The third-order valence-corrected chi connectivity index (χ3v) is 7.03. The molecule has 0 atom stereocenters. The van der Waals surface area contributed by atoms with Gasteiger partial charge in [-0.25, -0.2) is 17.8 Å². The lowest BCUT2D eigenvalue weighted by Crippen LogP contribution is -2.27. The molecule has 1 fully saturated rings. The summed E-state index contributed by atoms with van der Waals surface area (Å²) < 4.78 is 39.4. The minimum atomic E-state index is -3.44. The molecule has 0 N–H and O–H groups in total. The van der Waals surface area contributed by atoms with Gasteiger partial charge in [0.2, 0.25) is 10.0 Å². The van der Waals surface area contributed by atoms with Crippen LogP contribution in [0.25, 0.3) is 0 Å². The number of rotatable bonds is 5. The molecular weight excluding hydrogens is 371 g/mol. The number of pyridine rings is 1. The molecule has 0 bridgehead atoms. The van der Waals surface area contributed by atoms with Crippen molar-refractivity contribution in [2.75, 3.05) is 13.1 Å². The summed E-state index contributed by atoms with van der Waals surface area (Å²) in [5.74, 6) is 0.160. The number of hydrogen-bond acceptors (Lipinski definition) is 4. The lowest BCUT2D eigenvalue weighted by molar-refractivity contribution is 0.477. The lowest BCUT2D eigenvalue weighted by Gasteiger charge is -2.15. The van der Waals surface area contributed by atoms with Gasteiger partial charge in [0.05, 0.1) is 5.03 Å². The Morgan fingerprint density at radius 1 is 1.21 bits per heavy atom. The first-order valence-electron chi connectivity index (χ1n) is 7.50. The van der Waals surface area contributed by atoms with Crippen LogP contribution in [0.15, 0.2) is 46.5 Å². The highest BCUT2D eigenvalue weighted by atomic mass is 35.5. The molecule has 0 aliphatic carbocycles. The maximum absolute atomic E-state index is 13.0. The molecule has 0 saturated carbocycles. The van der Waals surface area contributed by atoms with Crippen LogP contribution in [-0.4, -0.2) is 30.8 Å². The second-order valence-corrected chi connectivity index (χ2v) is 8.81. The summed E-state index contributed by atoms with van der Waals surface area (Å²) in [6.07, 6.45) is 3.19.